The first-order chi connectivity index (χ1) is 15.2. The van der Waals surface area contributed by atoms with E-state index in [4.69, 9.17) is 4.74 Å². The van der Waals surface area contributed by atoms with Crippen LogP contribution in [-0.4, -0.2) is 50.1 Å². The summed E-state index contributed by atoms with van der Waals surface area (Å²) in [7, 11) is 1.78. The van der Waals surface area contributed by atoms with Crippen LogP contribution in [0.5, 0.6) is 5.75 Å². The molecule has 1 fully saturated rings. The van der Waals surface area contributed by atoms with Crippen molar-refractivity contribution in [3.8, 4) is 5.75 Å². The lowest BCUT2D eigenvalue weighted by molar-refractivity contribution is 0.0724. The SMILES string of the molecule is CN=C(NCCc1ccc2c(c1)CCO2)NCc1cccc(C(=O)N2CCCCC2)c1.I. The van der Waals surface area contributed by atoms with E-state index in [2.05, 4.69) is 33.8 Å². The van der Waals surface area contributed by atoms with Crippen molar-refractivity contribution in [2.24, 2.45) is 4.99 Å². The fourth-order valence-corrected chi connectivity index (χ4v) is 4.22. The topological polar surface area (TPSA) is 66.0 Å². The van der Waals surface area contributed by atoms with Gasteiger partial charge in [0.25, 0.3) is 5.91 Å². The highest BCUT2D eigenvalue weighted by atomic mass is 127. The molecule has 2 N–H and O–H groups in total. The zero-order valence-electron chi connectivity index (χ0n) is 18.7. The highest BCUT2D eigenvalue weighted by Crippen LogP contribution is 2.25. The Labute approximate surface area is 207 Å². The van der Waals surface area contributed by atoms with E-state index in [-0.39, 0.29) is 29.9 Å². The number of fused-ring (bicyclic) bond motifs is 1. The van der Waals surface area contributed by atoms with E-state index in [9.17, 15) is 4.79 Å². The summed E-state index contributed by atoms with van der Waals surface area (Å²) in [4.78, 5) is 19.1. The van der Waals surface area contributed by atoms with Gasteiger partial charge in [-0.1, -0.05) is 24.3 Å². The van der Waals surface area contributed by atoms with Gasteiger partial charge in [0.1, 0.15) is 5.75 Å². The third kappa shape index (κ3) is 6.37. The maximum Gasteiger partial charge on any atom is 0.253 e. The van der Waals surface area contributed by atoms with Gasteiger partial charge in [0, 0.05) is 45.2 Å². The molecule has 6 nitrogen and oxygen atoms in total. The Morgan fingerprint density at radius 1 is 1.06 bits per heavy atom. The molecule has 2 heterocycles. The van der Waals surface area contributed by atoms with Crippen molar-refractivity contribution in [2.45, 2.75) is 38.6 Å². The second-order valence-electron chi connectivity index (χ2n) is 8.20. The van der Waals surface area contributed by atoms with Crippen molar-refractivity contribution in [1.82, 2.24) is 15.5 Å². The average Bonchev–Trinajstić information content (AvgIpc) is 3.29. The summed E-state index contributed by atoms with van der Waals surface area (Å²) < 4.78 is 5.58. The zero-order valence-corrected chi connectivity index (χ0v) is 21.1. The number of guanidine groups is 1. The van der Waals surface area contributed by atoms with Crippen LogP contribution in [0.1, 0.15) is 46.3 Å². The molecule has 7 heteroatoms. The quantitative estimate of drug-likeness (QED) is 0.328. The Morgan fingerprint density at radius 3 is 2.72 bits per heavy atom. The highest BCUT2D eigenvalue weighted by Gasteiger charge is 2.18. The Morgan fingerprint density at radius 2 is 1.91 bits per heavy atom. The minimum absolute atomic E-state index is 0. The molecule has 0 unspecified atom stereocenters. The summed E-state index contributed by atoms with van der Waals surface area (Å²) in [6.45, 7) is 3.95. The number of amides is 1. The summed E-state index contributed by atoms with van der Waals surface area (Å²) >= 11 is 0. The summed E-state index contributed by atoms with van der Waals surface area (Å²) in [5.41, 5.74) is 4.45. The lowest BCUT2D eigenvalue weighted by atomic mass is 10.1. The molecule has 0 spiro atoms. The van der Waals surface area contributed by atoms with E-state index in [1.165, 1.54) is 17.5 Å². The number of carbonyl (C=O) groups excluding carboxylic acids is 1. The van der Waals surface area contributed by atoms with Gasteiger partial charge in [0.15, 0.2) is 5.96 Å². The number of hydrogen-bond acceptors (Lipinski definition) is 3. The van der Waals surface area contributed by atoms with Crippen molar-refractivity contribution in [3.05, 3.63) is 64.7 Å². The standard InChI is InChI=1S/C25H32N4O2.HI/c1-26-25(27-12-10-19-8-9-23-21(16-19)11-15-31-23)28-18-20-6-5-7-22(17-20)24(30)29-13-3-2-4-14-29;/h5-9,16-17H,2-4,10-15,18H2,1H3,(H2,26,27,28);1H. The van der Waals surface area contributed by atoms with Crippen LogP contribution in [0, 0.1) is 0 Å². The number of benzene rings is 2. The summed E-state index contributed by atoms with van der Waals surface area (Å²) in [5, 5.41) is 6.73. The fraction of sp³-hybridized carbons (Fsp3) is 0.440. The van der Waals surface area contributed by atoms with E-state index < -0.39 is 0 Å². The largest absolute Gasteiger partial charge is 0.493 e. The van der Waals surface area contributed by atoms with Gasteiger partial charge >= 0.3 is 0 Å². The molecule has 0 bridgehead atoms. The number of ether oxygens (including phenoxy) is 1. The van der Waals surface area contributed by atoms with Crippen LogP contribution in [-0.2, 0) is 19.4 Å². The first-order valence-corrected chi connectivity index (χ1v) is 11.3. The van der Waals surface area contributed by atoms with Crippen LogP contribution in [0.25, 0.3) is 0 Å². The Bertz CT molecular complexity index is 941. The predicted molar refractivity (Wildman–Crippen MR) is 139 cm³/mol. The Hall–Kier alpha value is -2.29. The second kappa shape index (κ2) is 12.1. The number of rotatable bonds is 6. The van der Waals surface area contributed by atoms with Gasteiger partial charge in [0.2, 0.25) is 0 Å². The van der Waals surface area contributed by atoms with Crippen molar-refractivity contribution in [2.75, 3.05) is 33.3 Å². The van der Waals surface area contributed by atoms with Gasteiger partial charge in [-0.05, 0) is 60.6 Å². The van der Waals surface area contributed by atoms with Crippen molar-refractivity contribution in [1.29, 1.82) is 0 Å². The number of halogens is 1. The van der Waals surface area contributed by atoms with Gasteiger partial charge in [-0.3, -0.25) is 9.79 Å². The van der Waals surface area contributed by atoms with Gasteiger partial charge in [-0.15, -0.1) is 24.0 Å². The maximum atomic E-state index is 12.8. The number of nitrogens with zero attached hydrogens (tertiary/aromatic N) is 2. The van der Waals surface area contributed by atoms with E-state index >= 15 is 0 Å². The monoisotopic (exact) mass is 548 g/mol. The van der Waals surface area contributed by atoms with Gasteiger partial charge in [-0.2, -0.15) is 0 Å². The van der Waals surface area contributed by atoms with Crippen molar-refractivity contribution < 1.29 is 9.53 Å². The van der Waals surface area contributed by atoms with Crippen LogP contribution < -0.4 is 15.4 Å². The zero-order chi connectivity index (χ0) is 21.5. The van der Waals surface area contributed by atoms with E-state index in [0.29, 0.717) is 6.54 Å². The smallest absolute Gasteiger partial charge is 0.253 e. The third-order valence-electron chi connectivity index (χ3n) is 5.96. The first-order valence-electron chi connectivity index (χ1n) is 11.3. The van der Waals surface area contributed by atoms with Crippen molar-refractivity contribution in [3.63, 3.8) is 0 Å². The molecular weight excluding hydrogens is 515 g/mol. The highest BCUT2D eigenvalue weighted by molar-refractivity contribution is 14.0. The lowest BCUT2D eigenvalue weighted by Gasteiger charge is -2.26. The number of carbonyl (C=O) groups is 1. The molecule has 1 saturated heterocycles. The molecule has 1 amide bonds. The molecule has 4 rings (SSSR count). The molecular formula is C25H33IN4O2. The van der Waals surface area contributed by atoms with Crippen molar-refractivity contribution >= 4 is 35.8 Å². The molecule has 2 aliphatic rings. The van der Waals surface area contributed by atoms with Crippen LogP contribution >= 0.6 is 24.0 Å². The second-order valence-corrected chi connectivity index (χ2v) is 8.20. The number of likely N-dealkylation sites (tertiary alicyclic amines) is 1. The van der Waals surface area contributed by atoms with Crippen LogP contribution in [0.4, 0.5) is 0 Å². The third-order valence-corrected chi connectivity index (χ3v) is 5.96. The molecule has 2 aliphatic heterocycles. The van der Waals surface area contributed by atoms with E-state index in [1.807, 2.05) is 29.2 Å². The molecule has 0 aliphatic carbocycles. The molecule has 2 aromatic carbocycles. The minimum Gasteiger partial charge on any atom is -0.493 e. The van der Waals surface area contributed by atoms with Crippen LogP contribution in [0.3, 0.4) is 0 Å². The normalized spacial score (nSPS) is 15.4. The van der Waals surface area contributed by atoms with E-state index in [1.54, 1.807) is 7.05 Å². The van der Waals surface area contributed by atoms with Crippen LogP contribution in [0.2, 0.25) is 0 Å². The molecule has 0 atom stereocenters. The minimum atomic E-state index is 0. The number of piperidine rings is 1. The number of nitrogens with one attached hydrogen (secondary N) is 2. The van der Waals surface area contributed by atoms with Gasteiger partial charge < -0.3 is 20.3 Å². The lowest BCUT2D eigenvalue weighted by Crippen LogP contribution is -2.38. The summed E-state index contributed by atoms with van der Waals surface area (Å²) in [5.74, 6) is 1.93. The summed E-state index contributed by atoms with van der Waals surface area (Å²) in [6, 6.07) is 14.3. The maximum absolute atomic E-state index is 12.8. The number of aliphatic imine (C=N–C) groups is 1. The van der Waals surface area contributed by atoms with Gasteiger partial charge in [-0.25, -0.2) is 0 Å². The van der Waals surface area contributed by atoms with Crippen LogP contribution in [0.15, 0.2) is 47.5 Å². The number of hydrogen-bond donors (Lipinski definition) is 2. The Kier molecular flexibility index (Phi) is 9.20. The Balaban J connectivity index is 0.00000289. The van der Waals surface area contributed by atoms with E-state index in [0.717, 1.165) is 74.8 Å². The predicted octanol–water partition coefficient (Wildman–Crippen LogP) is 3.77. The molecule has 32 heavy (non-hydrogen) atoms. The molecule has 0 aromatic heterocycles. The molecule has 2 aromatic rings. The molecule has 172 valence electrons. The molecule has 0 radical (unpaired) electrons. The summed E-state index contributed by atoms with van der Waals surface area (Å²) in [6.07, 6.45) is 5.36. The first kappa shape index (κ1) is 24.4. The molecule has 0 saturated carbocycles. The van der Waals surface area contributed by atoms with Gasteiger partial charge in [0.05, 0.1) is 6.61 Å². The average molecular weight is 548 g/mol. The fourth-order valence-electron chi connectivity index (χ4n) is 4.22.